The fraction of sp³-hybridized carbons (Fsp3) is 0.750. The molecule has 8 bridgehead atoms. The number of carbonyl (C=O) groups is 1. The number of aliphatic hydroxyl groups excluding tert-OH is 2. The van der Waals surface area contributed by atoms with Gasteiger partial charge in [-0.05, 0) is 100 Å². The summed E-state index contributed by atoms with van der Waals surface area (Å²) in [6.45, 7) is 8.37. The van der Waals surface area contributed by atoms with E-state index in [1.54, 1.807) is 6.07 Å². The van der Waals surface area contributed by atoms with Crippen LogP contribution in [-0.2, 0) is 16.0 Å². The fourth-order valence-corrected chi connectivity index (χ4v) is 10.1. The van der Waals surface area contributed by atoms with Crippen molar-refractivity contribution in [3.63, 3.8) is 0 Å². The first-order valence-electron chi connectivity index (χ1n) is 20.0. The van der Waals surface area contributed by atoms with Crippen LogP contribution in [-0.4, -0.2) is 119 Å². The molecule has 0 amide bonds. The molecule has 1 aromatic rings. The van der Waals surface area contributed by atoms with Crippen LogP contribution in [0.15, 0.2) is 17.1 Å². The number of phenolic OH excluding ortho intramolecular Hbond substituents is 1. The molecular weight excluding hydrogens is 676 g/mol. The van der Waals surface area contributed by atoms with E-state index in [1.807, 2.05) is 0 Å². The summed E-state index contributed by atoms with van der Waals surface area (Å²) in [4.78, 5) is 22.4. The number of aliphatic hydroxyl groups is 3. The van der Waals surface area contributed by atoms with Crippen LogP contribution in [0.1, 0.15) is 88.5 Å². The molecule has 292 valence electrons. The van der Waals surface area contributed by atoms with E-state index in [0.717, 1.165) is 77.8 Å². The molecule has 6 aliphatic heterocycles. The van der Waals surface area contributed by atoms with Crippen molar-refractivity contribution >= 4 is 11.9 Å². The lowest BCUT2D eigenvalue weighted by Gasteiger charge is -2.46. The quantitative estimate of drug-likeness (QED) is 0.133. The Morgan fingerprint density at radius 3 is 2.64 bits per heavy atom. The number of nitrogens with two attached hydrogens (primary N) is 1. The highest BCUT2D eigenvalue weighted by molar-refractivity contribution is 5.77. The van der Waals surface area contributed by atoms with E-state index in [4.69, 9.17) is 20.2 Å². The van der Waals surface area contributed by atoms with E-state index in [1.165, 1.54) is 19.4 Å². The second-order valence-corrected chi connectivity index (χ2v) is 16.9. The third kappa shape index (κ3) is 9.58. The maximum atomic E-state index is 12.7. The average Bonchev–Trinajstić information content (AvgIpc) is 3.12. The highest BCUT2D eigenvalue weighted by Crippen LogP contribution is 2.40. The van der Waals surface area contributed by atoms with Gasteiger partial charge in [-0.15, -0.1) is 0 Å². The molecule has 7 aliphatic rings. The van der Waals surface area contributed by atoms with E-state index >= 15 is 0 Å². The maximum absolute atomic E-state index is 12.7. The van der Waals surface area contributed by atoms with Crippen LogP contribution in [0, 0.1) is 40.9 Å². The number of hydrogen-bond donors (Lipinski definition) is 7. The van der Waals surface area contributed by atoms with Crippen LogP contribution in [0.5, 0.6) is 11.5 Å². The van der Waals surface area contributed by atoms with Crippen LogP contribution in [0.4, 0.5) is 0 Å². The molecule has 1 aliphatic carbocycles. The zero-order valence-electron chi connectivity index (χ0n) is 31.2. The number of hydrogen-bond acceptors (Lipinski definition) is 13. The second kappa shape index (κ2) is 16.7. The predicted molar refractivity (Wildman–Crippen MR) is 200 cm³/mol. The van der Waals surface area contributed by atoms with Crippen LogP contribution < -0.4 is 21.1 Å². The zero-order valence-corrected chi connectivity index (χ0v) is 31.2. The van der Waals surface area contributed by atoms with Crippen LogP contribution in [0.25, 0.3) is 0 Å². The van der Waals surface area contributed by atoms with Crippen LogP contribution in [0.2, 0.25) is 0 Å². The van der Waals surface area contributed by atoms with Gasteiger partial charge in [-0.1, -0.05) is 18.3 Å². The summed E-state index contributed by atoms with van der Waals surface area (Å²) in [7, 11) is 0. The highest BCUT2D eigenvalue weighted by atomic mass is 16.5. The molecular formula is C40H60N6O7. The molecule has 9 atom stereocenters. The first-order valence-corrected chi connectivity index (χ1v) is 20.0. The average molecular weight is 737 g/mol. The third-order valence-electron chi connectivity index (χ3n) is 12.7. The largest absolute Gasteiger partial charge is 0.504 e. The Morgan fingerprint density at radius 1 is 1.08 bits per heavy atom. The summed E-state index contributed by atoms with van der Waals surface area (Å²) < 4.78 is 12.4. The van der Waals surface area contributed by atoms with E-state index < -0.39 is 35.8 Å². The van der Waals surface area contributed by atoms with Crippen LogP contribution in [0.3, 0.4) is 0 Å². The minimum Gasteiger partial charge on any atom is -0.504 e. The van der Waals surface area contributed by atoms with Gasteiger partial charge in [0.15, 0.2) is 23.7 Å². The molecule has 1 aromatic carbocycles. The van der Waals surface area contributed by atoms with Gasteiger partial charge in [-0.2, -0.15) is 0 Å². The van der Waals surface area contributed by atoms with Gasteiger partial charge < -0.3 is 51.2 Å². The Labute approximate surface area is 313 Å². The number of benzene rings is 1. The number of carbonyl (C=O) groups excluding carboxylic acids is 1. The van der Waals surface area contributed by atoms with E-state index in [2.05, 4.69) is 32.3 Å². The summed E-state index contributed by atoms with van der Waals surface area (Å²) in [5.74, 6) is 8.28. The molecule has 0 aromatic heterocycles. The topological polar surface area (TPSA) is 185 Å². The monoisotopic (exact) mass is 736 g/mol. The van der Waals surface area contributed by atoms with Gasteiger partial charge in [0.2, 0.25) is 0 Å². The van der Waals surface area contributed by atoms with Crippen molar-refractivity contribution in [2.75, 3.05) is 52.5 Å². The number of guanidine groups is 1. The molecule has 1 spiro atoms. The Hall–Kier alpha value is -3.12. The summed E-state index contributed by atoms with van der Waals surface area (Å²) in [6, 6.07) is 3.31. The molecule has 13 nitrogen and oxygen atoms in total. The molecule has 0 radical (unpaired) electrons. The molecule has 3 saturated heterocycles. The number of aromatic hydroxyl groups is 1. The number of ether oxygens (including phenoxy) is 2. The molecule has 8 rings (SSSR count). The van der Waals surface area contributed by atoms with Gasteiger partial charge in [-0.3, -0.25) is 9.69 Å². The summed E-state index contributed by atoms with van der Waals surface area (Å²) >= 11 is 0. The molecule has 8 N–H and O–H groups in total. The first-order chi connectivity index (χ1) is 25.5. The van der Waals surface area contributed by atoms with Crippen molar-refractivity contribution in [3.05, 3.63) is 23.3 Å². The summed E-state index contributed by atoms with van der Waals surface area (Å²) in [5.41, 5.74) is 6.73. The molecule has 53 heavy (non-hydrogen) atoms. The number of phenols is 1. The lowest BCUT2D eigenvalue weighted by atomic mass is 9.73. The molecule has 0 unspecified atom stereocenters. The second-order valence-electron chi connectivity index (χ2n) is 16.9. The summed E-state index contributed by atoms with van der Waals surface area (Å²) in [5, 5.41) is 50.8. The van der Waals surface area contributed by atoms with Crippen molar-refractivity contribution in [1.82, 2.24) is 20.4 Å². The fourth-order valence-electron chi connectivity index (χ4n) is 10.1. The van der Waals surface area contributed by atoms with Gasteiger partial charge in [0.25, 0.3) is 0 Å². The zero-order chi connectivity index (χ0) is 37.1. The van der Waals surface area contributed by atoms with Gasteiger partial charge in [-0.25, -0.2) is 4.99 Å². The van der Waals surface area contributed by atoms with E-state index in [9.17, 15) is 25.2 Å². The normalized spacial score (nSPS) is 37.9. The Balaban J connectivity index is 1.29. The smallest absolute Gasteiger partial charge is 0.302 e. The van der Waals surface area contributed by atoms with Gasteiger partial charge in [0.05, 0.1) is 18.2 Å². The van der Waals surface area contributed by atoms with Gasteiger partial charge >= 0.3 is 5.97 Å². The molecule has 6 heterocycles. The van der Waals surface area contributed by atoms with E-state index in [0.29, 0.717) is 55.2 Å². The molecule has 3 fully saturated rings. The van der Waals surface area contributed by atoms with Gasteiger partial charge in [0.1, 0.15) is 12.2 Å². The Morgan fingerprint density at radius 2 is 1.87 bits per heavy atom. The van der Waals surface area contributed by atoms with Crippen molar-refractivity contribution in [2.45, 2.75) is 108 Å². The molecule has 0 saturated carbocycles. The Kier molecular flexibility index (Phi) is 12.0. The Bertz CT molecular complexity index is 1530. The lowest BCUT2D eigenvalue weighted by molar-refractivity contribution is -0.152. The van der Waals surface area contributed by atoms with Crippen molar-refractivity contribution in [1.29, 1.82) is 0 Å². The highest BCUT2D eigenvalue weighted by Gasteiger charge is 2.40. The number of piperidine rings is 3. The van der Waals surface area contributed by atoms with Crippen molar-refractivity contribution < 1.29 is 34.7 Å². The molecule has 13 heteroatoms. The predicted octanol–water partition coefficient (Wildman–Crippen LogP) is 1.82. The van der Waals surface area contributed by atoms with E-state index in [-0.39, 0.29) is 42.2 Å². The standard InChI is InChI=1S/C40H60N6O7/c1-25(47)52-36-17-31(48)6-9-40(10-12-45-19-26-13-27(20-45)22-46(21-26)24-44-39(41)43-23-40)8-5-28-3-2-4-30-16-32(7-11-42-30)53-37-15-29(14-33(28)36)34(38(50)51)18-35(37)49/h15,18,26-28,30-33,36,38,42,48-51H,2-4,6-7,9-14,16-17,19-24H2,1H3,(H3,41,43,44)/t26-,27-,28-,30-,31-,32-,33-,36+,40-/m0/s1. The lowest BCUT2D eigenvalue weighted by Crippen LogP contribution is -2.53. The minimum atomic E-state index is -1.84. The number of fused-ring (bicyclic) bond motifs is 9. The van der Waals surface area contributed by atoms with Gasteiger partial charge in [0, 0.05) is 69.5 Å². The van der Waals surface area contributed by atoms with Crippen LogP contribution >= 0.6 is 0 Å². The summed E-state index contributed by atoms with van der Waals surface area (Å²) in [6.07, 6.45) is 4.40. The number of nitrogens with one attached hydrogen (secondary N) is 2. The SMILES string of the molecule is CC(=O)O[C@@H]1C[C@@H](O)CC[C@@]2(C#C[C@@H]3CCC[C@H]4C[C@H](CCN4)Oc4cc(c(C(O)O)cc4O)C[C@@H]31)CCN1C[C@@H]3C[C@@H](C1)CN(CN=C(N)NC2)C3. The maximum Gasteiger partial charge on any atom is 0.302 e. The minimum absolute atomic E-state index is 0.0954. The first kappa shape index (κ1) is 38.2. The van der Waals surface area contributed by atoms with Crippen molar-refractivity contribution in [3.8, 4) is 23.3 Å². The number of aliphatic imine (C=N–C) groups is 1. The number of esters is 1. The van der Waals surface area contributed by atoms with Crippen molar-refractivity contribution in [2.24, 2.45) is 39.8 Å². The number of rotatable bonds is 2. The third-order valence-corrected chi connectivity index (χ3v) is 12.7. The number of nitrogens with zero attached hydrogens (tertiary/aromatic N) is 3.